The molecule has 1 aromatic carbocycles. The van der Waals surface area contributed by atoms with E-state index in [1.807, 2.05) is 0 Å². The maximum absolute atomic E-state index is 12.9. The summed E-state index contributed by atoms with van der Waals surface area (Å²) in [7, 11) is 0. The zero-order valence-electron chi connectivity index (χ0n) is 13.3. The predicted octanol–water partition coefficient (Wildman–Crippen LogP) is 1.77. The van der Waals surface area contributed by atoms with E-state index in [0.29, 0.717) is 18.8 Å². The monoisotopic (exact) mass is 352 g/mol. The summed E-state index contributed by atoms with van der Waals surface area (Å²) in [6, 6.07) is 4.72. The van der Waals surface area contributed by atoms with E-state index in [2.05, 4.69) is 10.4 Å². The molecule has 1 aliphatic heterocycles. The van der Waals surface area contributed by atoms with Gasteiger partial charge < -0.3 is 10.2 Å². The molecule has 1 aromatic heterocycles. The van der Waals surface area contributed by atoms with Crippen molar-refractivity contribution in [2.75, 3.05) is 19.6 Å². The average molecular weight is 352 g/mol. The van der Waals surface area contributed by atoms with Gasteiger partial charge in [0.05, 0.1) is 35.2 Å². The number of halogens is 3. The molecule has 1 aliphatic rings. The molecule has 1 fully saturated rings. The molecule has 25 heavy (non-hydrogen) atoms. The van der Waals surface area contributed by atoms with E-state index in [-0.39, 0.29) is 29.6 Å². The Kier molecular flexibility index (Phi) is 4.23. The Morgan fingerprint density at radius 3 is 2.76 bits per heavy atom. The third-order valence-corrected chi connectivity index (χ3v) is 3.98. The van der Waals surface area contributed by atoms with Gasteiger partial charge in [-0.3, -0.25) is 9.59 Å². The Bertz CT molecular complexity index is 829. The molecule has 2 heterocycles. The highest BCUT2D eigenvalue weighted by Crippen LogP contribution is 2.30. The van der Waals surface area contributed by atoms with E-state index in [0.717, 1.165) is 12.1 Å². The van der Waals surface area contributed by atoms with Crippen LogP contribution in [0.25, 0.3) is 5.69 Å². The van der Waals surface area contributed by atoms with E-state index < -0.39 is 11.7 Å². The lowest BCUT2D eigenvalue weighted by Crippen LogP contribution is -2.50. The van der Waals surface area contributed by atoms with Crippen molar-refractivity contribution in [1.29, 1.82) is 0 Å². The Hall–Kier alpha value is -2.84. The van der Waals surface area contributed by atoms with Crippen molar-refractivity contribution in [3.05, 3.63) is 47.3 Å². The SMILES string of the molecule is Cc1c(C(=O)N2CCNC(=O)C2)cnn1-c1cccc(C(F)(F)F)c1. The minimum atomic E-state index is -4.46. The molecule has 2 amide bonds. The molecule has 2 aromatic rings. The number of benzene rings is 1. The number of hydrogen-bond donors (Lipinski definition) is 1. The molecule has 3 rings (SSSR count). The quantitative estimate of drug-likeness (QED) is 0.896. The zero-order valence-corrected chi connectivity index (χ0v) is 13.3. The van der Waals surface area contributed by atoms with Crippen molar-refractivity contribution in [1.82, 2.24) is 20.0 Å². The van der Waals surface area contributed by atoms with Crippen LogP contribution >= 0.6 is 0 Å². The van der Waals surface area contributed by atoms with E-state index in [4.69, 9.17) is 0 Å². The number of amides is 2. The number of carbonyl (C=O) groups excluding carboxylic acids is 2. The van der Waals surface area contributed by atoms with Gasteiger partial charge in [0.1, 0.15) is 0 Å². The fraction of sp³-hybridized carbons (Fsp3) is 0.312. The summed E-state index contributed by atoms with van der Waals surface area (Å²) in [5, 5.41) is 6.67. The van der Waals surface area contributed by atoms with Crippen LogP contribution in [0, 0.1) is 6.92 Å². The lowest BCUT2D eigenvalue weighted by molar-refractivity contribution is -0.137. The molecule has 0 unspecified atom stereocenters. The summed E-state index contributed by atoms with van der Waals surface area (Å²) >= 11 is 0. The van der Waals surface area contributed by atoms with E-state index in [1.165, 1.54) is 27.9 Å². The van der Waals surface area contributed by atoms with Crippen molar-refractivity contribution in [2.45, 2.75) is 13.1 Å². The number of alkyl halides is 3. The Labute approximate surface area is 141 Å². The third kappa shape index (κ3) is 3.35. The normalized spacial score (nSPS) is 15.2. The molecule has 0 spiro atoms. The molecule has 132 valence electrons. The first-order chi connectivity index (χ1) is 11.8. The molecule has 0 aliphatic carbocycles. The van der Waals surface area contributed by atoms with Gasteiger partial charge in [-0.25, -0.2) is 4.68 Å². The van der Waals surface area contributed by atoms with Crippen LogP contribution in [0.2, 0.25) is 0 Å². The molecule has 9 heteroatoms. The first kappa shape index (κ1) is 17.0. The van der Waals surface area contributed by atoms with Crippen molar-refractivity contribution < 1.29 is 22.8 Å². The summed E-state index contributed by atoms with van der Waals surface area (Å²) in [5.74, 6) is -0.618. The van der Waals surface area contributed by atoms with E-state index >= 15 is 0 Å². The highest BCUT2D eigenvalue weighted by Gasteiger charge is 2.31. The van der Waals surface area contributed by atoms with Gasteiger partial charge in [-0.2, -0.15) is 18.3 Å². The zero-order chi connectivity index (χ0) is 18.2. The number of aromatic nitrogens is 2. The molecular formula is C16H15F3N4O2. The molecule has 0 bridgehead atoms. The summed E-state index contributed by atoms with van der Waals surface area (Å²) in [4.78, 5) is 25.4. The van der Waals surface area contributed by atoms with Gasteiger partial charge in [-0.05, 0) is 25.1 Å². The Morgan fingerprint density at radius 1 is 1.32 bits per heavy atom. The fourth-order valence-electron chi connectivity index (χ4n) is 2.68. The van der Waals surface area contributed by atoms with Crippen LogP contribution in [0.3, 0.4) is 0 Å². The van der Waals surface area contributed by atoms with Crippen LogP contribution in [0.1, 0.15) is 21.6 Å². The topological polar surface area (TPSA) is 67.2 Å². The largest absolute Gasteiger partial charge is 0.416 e. The van der Waals surface area contributed by atoms with Crippen LogP contribution in [-0.4, -0.2) is 46.1 Å². The van der Waals surface area contributed by atoms with Gasteiger partial charge in [0, 0.05) is 13.1 Å². The van der Waals surface area contributed by atoms with Crippen LogP contribution in [-0.2, 0) is 11.0 Å². The van der Waals surface area contributed by atoms with Gasteiger partial charge >= 0.3 is 6.18 Å². The minimum absolute atomic E-state index is 0.0486. The van der Waals surface area contributed by atoms with Crippen molar-refractivity contribution in [2.24, 2.45) is 0 Å². The van der Waals surface area contributed by atoms with E-state index in [1.54, 1.807) is 6.92 Å². The molecule has 6 nitrogen and oxygen atoms in total. The van der Waals surface area contributed by atoms with Gasteiger partial charge in [-0.1, -0.05) is 6.07 Å². The molecule has 0 saturated carbocycles. The maximum Gasteiger partial charge on any atom is 0.416 e. The third-order valence-electron chi connectivity index (χ3n) is 3.98. The number of hydrogen-bond acceptors (Lipinski definition) is 3. The standard InChI is InChI=1S/C16H15F3N4O2/c1-10-13(15(25)22-6-5-20-14(24)9-22)8-21-23(10)12-4-2-3-11(7-12)16(17,18)19/h2-4,7-8H,5-6,9H2,1H3,(H,20,24). The number of rotatable bonds is 2. The number of nitrogens with zero attached hydrogens (tertiary/aromatic N) is 3. The van der Waals surface area contributed by atoms with Gasteiger partial charge in [0.2, 0.25) is 5.91 Å². The lowest BCUT2D eigenvalue weighted by Gasteiger charge is -2.26. The van der Waals surface area contributed by atoms with Crippen molar-refractivity contribution in [3.63, 3.8) is 0 Å². The van der Waals surface area contributed by atoms with Gasteiger partial charge in [-0.15, -0.1) is 0 Å². The summed E-state index contributed by atoms with van der Waals surface area (Å²) in [6.07, 6.45) is -3.15. The maximum atomic E-state index is 12.9. The Morgan fingerprint density at radius 2 is 2.08 bits per heavy atom. The van der Waals surface area contributed by atoms with Crippen LogP contribution in [0.15, 0.2) is 30.5 Å². The van der Waals surface area contributed by atoms with Crippen molar-refractivity contribution >= 4 is 11.8 Å². The van der Waals surface area contributed by atoms with Gasteiger partial charge in [0.15, 0.2) is 0 Å². The number of carbonyl (C=O) groups is 2. The van der Waals surface area contributed by atoms with Crippen LogP contribution < -0.4 is 5.32 Å². The average Bonchev–Trinajstić information content (AvgIpc) is 2.95. The predicted molar refractivity (Wildman–Crippen MR) is 82.2 cm³/mol. The fourth-order valence-corrected chi connectivity index (χ4v) is 2.68. The molecule has 0 atom stereocenters. The second-order valence-electron chi connectivity index (χ2n) is 5.68. The summed E-state index contributed by atoms with van der Waals surface area (Å²) in [6.45, 7) is 2.29. The second kappa shape index (κ2) is 6.23. The molecule has 1 saturated heterocycles. The lowest BCUT2D eigenvalue weighted by atomic mass is 10.1. The van der Waals surface area contributed by atoms with Gasteiger partial charge in [0.25, 0.3) is 5.91 Å². The minimum Gasteiger partial charge on any atom is -0.353 e. The molecule has 0 radical (unpaired) electrons. The second-order valence-corrected chi connectivity index (χ2v) is 5.68. The van der Waals surface area contributed by atoms with Crippen molar-refractivity contribution in [3.8, 4) is 5.69 Å². The van der Waals surface area contributed by atoms with Crippen LogP contribution in [0.5, 0.6) is 0 Å². The first-order valence-corrected chi connectivity index (χ1v) is 7.55. The first-order valence-electron chi connectivity index (χ1n) is 7.55. The van der Waals surface area contributed by atoms with E-state index in [9.17, 15) is 22.8 Å². The molecule has 1 N–H and O–H groups in total. The summed E-state index contributed by atoms with van der Waals surface area (Å²) < 4.78 is 39.9. The molecular weight excluding hydrogens is 337 g/mol. The number of nitrogens with one attached hydrogen (secondary N) is 1. The highest BCUT2D eigenvalue weighted by molar-refractivity contribution is 5.97. The summed E-state index contributed by atoms with van der Waals surface area (Å²) in [5.41, 5.74) is 0.0886. The number of piperazine rings is 1. The Balaban J connectivity index is 1.91. The van der Waals surface area contributed by atoms with Crippen LogP contribution in [0.4, 0.5) is 13.2 Å². The smallest absolute Gasteiger partial charge is 0.353 e. The highest BCUT2D eigenvalue weighted by atomic mass is 19.4.